The third-order valence-corrected chi connectivity index (χ3v) is 5.72. The Balaban J connectivity index is 1.32. The molecular weight excluding hydrogens is 397 g/mol. The number of esters is 3. The molecule has 0 N–H and O–H groups in total. The smallest absolute Gasteiger partial charge is 0.462 e. The summed E-state index contributed by atoms with van der Waals surface area (Å²) in [7, 11) is 0. The molecule has 0 radical (unpaired) electrons. The Morgan fingerprint density at radius 2 is 1.79 bits per heavy atom. The van der Waals surface area contributed by atoms with Crippen LogP contribution in [-0.2, 0) is 23.9 Å². The third kappa shape index (κ3) is 3.47. The van der Waals surface area contributed by atoms with E-state index in [1.165, 1.54) is 0 Å². The normalized spacial score (nSPS) is 29.5. The number of benzene rings is 1. The predicted octanol–water partition coefficient (Wildman–Crippen LogP) is 2.08. The third-order valence-electron chi connectivity index (χ3n) is 5.72. The highest BCUT2D eigenvalue weighted by molar-refractivity contribution is 5.98. The fraction of sp³-hybridized carbons (Fsp3) is 0.474. The molecule has 2 aliphatic carbocycles. The second-order valence-corrected chi connectivity index (χ2v) is 7.36. The van der Waals surface area contributed by atoms with Crippen LogP contribution in [0.3, 0.4) is 0 Å². The van der Waals surface area contributed by atoms with E-state index in [1.54, 1.807) is 0 Å². The lowest BCUT2D eigenvalue weighted by atomic mass is 9.80. The average molecular weight is 412 g/mol. The molecule has 0 spiro atoms. The van der Waals surface area contributed by atoms with Crippen LogP contribution >= 0.6 is 0 Å². The van der Waals surface area contributed by atoms with Gasteiger partial charge in [0.15, 0.2) is 12.4 Å². The van der Waals surface area contributed by atoms with Crippen LogP contribution in [0.1, 0.15) is 23.2 Å². The van der Waals surface area contributed by atoms with E-state index in [1.807, 2.05) is 0 Å². The molecule has 5 atom stereocenters. The van der Waals surface area contributed by atoms with Crippen molar-refractivity contribution in [3.05, 3.63) is 29.8 Å². The van der Waals surface area contributed by atoms with Crippen LogP contribution in [0.25, 0.3) is 0 Å². The minimum atomic E-state index is -5.13. The van der Waals surface area contributed by atoms with Crippen molar-refractivity contribution in [3.63, 3.8) is 0 Å². The van der Waals surface area contributed by atoms with Crippen molar-refractivity contribution in [2.45, 2.75) is 25.1 Å². The van der Waals surface area contributed by atoms with E-state index in [-0.39, 0.29) is 29.3 Å². The number of hydrogen-bond donors (Lipinski definition) is 0. The van der Waals surface area contributed by atoms with E-state index in [9.17, 15) is 32.3 Å². The number of alkyl halides is 3. The van der Waals surface area contributed by atoms with Gasteiger partial charge in [-0.1, -0.05) is 0 Å². The zero-order valence-electron chi connectivity index (χ0n) is 14.8. The maximum atomic E-state index is 12.4. The molecule has 1 aliphatic heterocycles. The number of hydrogen-bond acceptors (Lipinski definition) is 7. The van der Waals surface area contributed by atoms with Crippen LogP contribution in [0.15, 0.2) is 24.3 Å². The van der Waals surface area contributed by atoms with Crippen molar-refractivity contribution in [3.8, 4) is 5.75 Å². The maximum absolute atomic E-state index is 12.4. The van der Waals surface area contributed by atoms with E-state index in [2.05, 4.69) is 4.74 Å². The van der Waals surface area contributed by atoms with Crippen LogP contribution in [0, 0.1) is 23.7 Å². The van der Waals surface area contributed by atoms with Gasteiger partial charge in [-0.15, -0.1) is 0 Å². The van der Waals surface area contributed by atoms with Gasteiger partial charge >= 0.3 is 24.1 Å². The molecule has 1 aromatic rings. The number of carbonyl (C=O) groups is 4. The van der Waals surface area contributed by atoms with Gasteiger partial charge in [0.25, 0.3) is 0 Å². The summed E-state index contributed by atoms with van der Waals surface area (Å²) in [6.45, 7) is -0.570. The molecule has 29 heavy (non-hydrogen) atoms. The van der Waals surface area contributed by atoms with Crippen molar-refractivity contribution >= 4 is 23.7 Å². The highest BCUT2D eigenvalue weighted by Gasteiger charge is 2.64. The number of rotatable bonds is 5. The quantitative estimate of drug-likeness (QED) is 0.415. The van der Waals surface area contributed by atoms with Crippen LogP contribution in [-0.4, -0.2) is 42.6 Å². The summed E-state index contributed by atoms with van der Waals surface area (Å²) in [5.74, 6) is -5.42. The van der Waals surface area contributed by atoms with Gasteiger partial charge in [0.05, 0.1) is 11.8 Å². The highest BCUT2D eigenvalue weighted by Crippen LogP contribution is 2.57. The van der Waals surface area contributed by atoms with Gasteiger partial charge in [0.2, 0.25) is 0 Å². The van der Waals surface area contributed by atoms with Crippen LogP contribution in [0.4, 0.5) is 13.2 Å². The first kappa shape index (κ1) is 19.4. The number of ether oxygens (including phenoxy) is 3. The van der Waals surface area contributed by atoms with Crippen LogP contribution in [0.5, 0.6) is 5.75 Å². The van der Waals surface area contributed by atoms with E-state index < -0.39 is 48.3 Å². The number of fused-ring (bicyclic) bond motifs is 1. The molecule has 2 bridgehead atoms. The monoisotopic (exact) mass is 412 g/mol. The Morgan fingerprint density at radius 3 is 2.45 bits per heavy atom. The van der Waals surface area contributed by atoms with E-state index in [0.29, 0.717) is 6.42 Å². The lowest BCUT2D eigenvalue weighted by Crippen LogP contribution is -2.34. The second kappa shape index (κ2) is 6.85. The Morgan fingerprint density at radius 1 is 1.10 bits per heavy atom. The Hall–Kier alpha value is -2.91. The molecule has 3 fully saturated rings. The largest absolute Gasteiger partial charge is 0.491 e. The van der Waals surface area contributed by atoms with Crippen LogP contribution in [0.2, 0.25) is 0 Å². The molecule has 10 heteroatoms. The summed E-state index contributed by atoms with van der Waals surface area (Å²) in [6.07, 6.45) is -3.90. The van der Waals surface area contributed by atoms with E-state index in [4.69, 9.17) is 9.47 Å². The van der Waals surface area contributed by atoms with Gasteiger partial charge in [-0.05, 0) is 43.0 Å². The molecule has 154 valence electrons. The number of halogens is 3. The lowest BCUT2D eigenvalue weighted by Gasteiger charge is -2.22. The molecule has 3 aliphatic rings. The molecule has 1 saturated heterocycles. The van der Waals surface area contributed by atoms with Gasteiger partial charge in [-0.3, -0.25) is 14.4 Å². The van der Waals surface area contributed by atoms with Gasteiger partial charge in [0.1, 0.15) is 11.9 Å². The van der Waals surface area contributed by atoms with Crippen molar-refractivity contribution in [2.24, 2.45) is 23.7 Å². The summed E-state index contributed by atoms with van der Waals surface area (Å²) in [5, 5.41) is 0. The molecule has 1 aromatic carbocycles. The Kier molecular flexibility index (Phi) is 4.59. The zero-order chi connectivity index (χ0) is 20.9. The van der Waals surface area contributed by atoms with Gasteiger partial charge in [-0.25, -0.2) is 4.79 Å². The SMILES string of the molecule is O=C(COC(=O)[C@@H]1[C@@H]2C[C@@H]3[C@@H]1C(=O)O[C@@H]3C2)c1ccc(OC(=O)C(F)(F)F)cc1. The minimum absolute atomic E-state index is 0.00616. The first-order valence-corrected chi connectivity index (χ1v) is 8.94. The van der Waals surface area contributed by atoms with Gasteiger partial charge in [0, 0.05) is 11.5 Å². The van der Waals surface area contributed by atoms with Crippen LogP contribution < -0.4 is 4.74 Å². The van der Waals surface area contributed by atoms with E-state index in [0.717, 1.165) is 30.7 Å². The predicted molar refractivity (Wildman–Crippen MR) is 86.5 cm³/mol. The van der Waals surface area contributed by atoms with Gasteiger partial charge in [-0.2, -0.15) is 13.2 Å². The molecule has 4 rings (SSSR count). The highest BCUT2D eigenvalue weighted by atomic mass is 19.4. The number of ketones is 1. The molecular formula is C19H15F3O7. The zero-order valence-corrected chi connectivity index (χ0v) is 14.8. The summed E-state index contributed by atoms with van der Waals surface area (Å²) >= 11 is 0. The maximum Gasteiger partial charge on any atom is 0.491 e. The molecule has 2 saturated carbocycles. The number of carbonyl (C=O) groups excluding carboxylic acids is 4. The average Bonchev–Trinajstić information content (AvgIpc) is 3.28. The fourth-order valence-corrected chi connectivity index (χ4v) is 4.52. The van der Waals surface area contributed by atoms with E-state index >= 15 is 0 Å². The van der Waals surface area contributed by atoms with Crippen molar-refractivity contribution in [1.29, 1.82) is 0 Å². The molecule has 0 aromatic heterocycles. The fourth-order valence-electron chi connectivity index (χ4n) is 4.52. The first-order valence-electron chi connectivity index (χ1n) is 8.94. The number of Topliss-reactive ketones (excluding diaryl/α,β-unsaturated/α-hetero) is 1. The second-order valence-electron chi connectivity index (χ2n) is 7.36. The first-order chi connectivity index (χ1) is 13.6. The van der Waals surface area contributed by atoms with Gasteiger partial charge < -0.3 is 14.2 Å². The Bertz CT molecular complexity index is 875. The summed E-state index contributed by atoms with van der Waals surface area (Å²) < 4.78 is 51.0. The molecule has 1 heterocycles. The summed E-state index contributed by atoms with van der Waals surface area (Å²) in [6, 6.07) is 4.38. The van der Waals surface area contributed by atoms with Crippen molar-refractivity contribution in [1.82, 2.24) is 0 Å². The Labute approximate surface area is 162 Å². The lowest BCUT2D eigenvalue weighted by molar-refractivity contribution is -0.189. The summed E-state index contributed by atoms with van der Waals surface area (Å²) in [5.41, 5.74) is 0.0675. The minimum Gasteiger partial charge on any atom is -0.462 e. The molecule has 0 unspecified atom stereocenters. The van der Waals surface area contributed by atoms with Crippen molar-refractivity contribution < 1.29 is 46.6 Å². The molecule has 7 nitrogen and oxygen atoms in total. The molecule has 0 amide bonds. The van der Waals surface area contributed by atoms with Crippen molar-refractivity contribution in [2.75, 3.05) is 6.61 Å². The summed E-state index contributed by atoms with van der Waals surface area (Å²) in [4.78, 5) is 47.3. The standard InChI is InChI=1S/C19H15F3O7/c20-19(21,22)18(26)28-10-3-1-8(2-4-10)12(23)7-27-16(24)14-9-5-11-13(6-9)29-17(25)15(11)14/h1-4,9,11,13-15H,5-7H2/t9-,11+,13-,14-,15+/m1/s1. The topological polar surface area (TPSA) is 96.0 Å².